The molecule has 146 valence electrons. The number of thioether (sulfide) groups is 1. The highest BCUT2D eigenvalue weighted by atomic mass is 32.2. The molecule has 0 aliphatic carbocycles. The van der Waals surface area contributed by atoms with Gasteiger partial charge in [-0.25, -0.2) is 0 Å². The number of aliphatic imine (C=N–C) groups is 1. The van der Waals surface area contributed by atoms with Crippen molar-refractivity contribution >= 4 is 22.8 Å². The molecule has 2 N–H and O–H groups in total. The molecule has 1 aromatic rings. The SMILES string of the molecule is C/C=C(\CCN1CCCC1)SC(=NC)NC(=O)c1ccc2c(c1)CCNC2. The van der Waals surface area contributed by atoms with E-state index in [9.17, 15) is 4.79 Å². The molecule has 0 aromatic heterocycles. The number of fused-ring (bicyclic) bond motifs is 1. The van der Waals surface area contributed by atoms with Crippen LogP contribution in [0.2, 0.25) is 0 Å². The number of nitrogens with one attached hydrogen (secondary N) is 2. The van der Waals surface area contributed by atoms with Gasteiger partial charge in [-0.1, -0.05) is 23.9 Å². The standard InChI is InChI=1S/C21H30N4OS/c1-3-19(9-13-25-11-4-5-12-25)27-21(22-2)24-20(26)17-6-7-18-15-23-10-8-16(18)14-17/h3,6-7,14,23H,4-5,8-13,15H2,1-2H3,(H,22,24,26)/b19-3+. The van der Waals surface area contributed by atoms with Crippen molar-refractivity contribution < 1.29 is 4.79 Å². The first kappa shape index (κ1) is 20.1. The molecule has 1 aromatic carbocycles. The minimum absolute atomic E-state index is 0.0839. The summed E-state index contributed by atoms with van der Waals surface area (Å²) in [5.41, 5.74) is 3.26. The predicted molar refractivity (Wildman–Crippen MR) is 114 cm³/mol. The molecule has 5 nitrogen and oxygen atoms in total. The lowest BCUT2D eigenvalue weighted by atomic mass is 9.98. The summed E-state index contributed by atoms with van der Waals surface area (Å²) in [6, 6.07) is 5.98. The molecule has 2 aliphatic heterocycles. The van der Waals surface area contributed by atoms with Gasteiger partial charge in [0.2, 0.25) is 0 Å². The number of carbonyl (C=O) groups is 1. The highest BCUT2D eigenvalue weighted by molar-refractivity contribution is 8.17. The fraction of sp³-hybridized carbons (Fsp3) is 0.524. The topological polar surface area (TPSA) is 56.7 Å². The van der Waals surface area contributed by atoms with Crippen LogP contribution in [0.5, 0.6) is 0 Å². The average Bonchev–Trinajstić information content (AvgIpc) is 3.23. The number of allylic oxidation sites excluding steroid dienone is 1. The van der Waals surface area contributed by atoms with Crippen LogP contribution in [0.4, 0.5) is 0 Å². The largest absolute Gasteiger partial charge is 0.312 e. The number of likely N-dealkylation sites (tertiary alicyclic amines) is 1. The van der Waals surface area contributed by atoms with Gasteiger partial charge >= 0.3 is 0 Å². The number of nitrogens with zero attached hydrogens (tertiary/aromatic N) is 2. The highest BCUT2D eigenvalue weighted by Crippen LogP contribution is 2.22. The fourth-order valence-corrected chi connectivity index (χ4v) is 4.36. The Kier molecular flexibility index (Phi) is 7.50. The molecular formula is C21H30N4OS. The molecule has 27 heavy (non-hydrogen) atoms. The summed E-state index contributed by atoms with van der Waals surface area (Å²) >= 11 is 1.57. The van der Waals surface area contributed by atoms with Crippen LogP contribution < -0.4 is 10.6 Å². The molecule has 1 amide bonds. The van der Waals surface area contributed by atoms with Gasteiger partial charge in [-0.2, -0.15) is 0 Å². The summed E-state index contributed by atoms with van der Waals surface area (Å²) < 4.78 is 0. The molecule has 0 atom stereocenters. The Morgan fingerprint density at radius 1 is 1.33 bits per heavy atom. The van der Waals surface area contributed by atoms with Crippen molar-refractivity contribution in [2.45, 2.75) is 39.2 Å². The van der Waals surface area contributed by atoms with Crippen LogP contribution in [0.3, 0.4) is 0 Å². The van der Waals surface area contributed by atoms with Crippen molar-refractivity contribution in [2.24, 2.45) is 4.99 Å². The second-order valence-electron chi connectivity index (χ2n) is 7.05. The predicted octanol–water partition coefficient (Wildman–Crippen LogP) is 3.17. The van der Waals surface area contributed by atoms with Crippen LogP contribution in [0.1, 0.15) is 47.7 Å². The Morgan fingerprint density at radius 3 is 2.89 bits per heavy atom. The van der Waals surface area contributed by atoms with E-state index in [-0.39, 0.29) is 5.91 Å². The third-order valence-electron chi connectivity index (χ3n) is 5.20. The molecule has 1 saturated heterocycles. The van der Waals surface area contributed by atoms with Crippen molar-refractivity contribution in [3.63, 3.8) is 0 Å². The van der Waals surface area contributed by atoms with Crippen LogP contribution in [-0.4, -0.2) is 49.2 Å². The summed E-state index contributed by atoms with van der Waals surface area (Å²) in [5, 5.41) is 7.01. The van der Waals surface area contributed by atoms with Gasteiger partial charge in [0.1, 0.15) is 0 Å². The molecule has 2 heterocycles. The molecule has 0 bridgehead atoms. The maximum Gasteiger partial charge on any atom is 0.257 e. The van der Waals surface area contributed by atoms with E-state index >= 15 is 0 Å². The lowest BCUT2D eigenvalue weighted by Gasteiger charge is -2.18. The van der Waals surface area contributed by atoms with Crippen molar-refractivity contribution in [3.8, 4) is 0 Å². The van der Waals surface area contributed by atoms with E-state index in [0.717, 1.165) is 32.5 Å². The van der Waals surface area contributed by atoms with Gasteiger partial charge in [-0.3, -0.25) is 9.79 Å². The van der Waals surface area contributed by atoms with Gasteiger partial charge in [0, 0.05) is 25.7 Å². The summed E-state index contributed by atoms with van der Waals surface area (Å²) in [4.78, 5) is 20.7. The van der Waals surface area contributed by atoms with Gasteiger partial charge in [0.15, 0.2) is 5.17 Å². The Morgan fingerprint density at radius 2 is 2.15 bits per heavy atom. The average molecular weight is 387 g/mol. The lowest BCUT2D eigenvalue weighted by molar-refractivity contribution is 0.0978. The first-order chi connectivity index (χ1) is 13.2. The lowest BCUT2D eigenvalue weighted by Crippen LogP contribution is -2.29. The number of amides is 1. The van der Waals surface area contributed by atoms with E-state index in [2.05, 4.69) is 39.6 Å². The second kappa shape index (κ2) is 10.1. The van der Waals surface area contributed by atoms with Crippen molar-refractivity contribution in [1.82, 2.24) is 15.5 Å². The molecule has 2 aliphatic rings. The zero-order chi connectivity index (χ0) is 19.1. The number of rotatable bonds is 5. The van der Waals surface area contributed by atoms with Crippen LogP contribution >= 0.6 is 11.8 Å². The molecular weight excluding hydrogens is 356 g/mol. The van der Waals surface area contributed by atoms with E-state index < -0.39 is 0 Å². The second-order valence-corrected chi connectivity index (χ2v) is 8.16. The van der Waals surface area contributed by atoms with Crippen molar-refractivity contribution in [3.05, 3.63) is 45.9 Å². The van der Waals surface area contributed by atoms with E-state index in [1.807, 2.05) is 12.1 Å². The number of carbonyl (C=O) groups excluding carboxylic acids is 1. The summed E-state index contributed by atoms with van der Waals surface area (Å²) in [6.45, 7) is 7.41. The van der Waals surface area contributed by atoms with E-state index in [4.69, 9.17) is 0 Å². The highest BCUT2D eigenvalue weighted by Gasteiger charge is 2.16. The molecule has 0 radical (unpaired) electrons. The van der Waals surface area contributed by atoms with Gasteiger partial charge in [0.25, 0.3) is 5.91 Å². The molecule has 3 rings (SSSR count). The van der Waals surface area contributed by atoms with E-state index in [0.29, 0.717) is 10.7 Å². The van der Waals surface area contributed by atoms with E-state index in [1.165, 1.54) is 42.0 Å². The summed E-state index contributed by atoms with van der Waals surface area (Å²) in [7, 11) is 1.73. The van der Waals surface area contributed by atoms with Gasteiger partial charge in [-0.05, 0) is 80.4 Å². The quantitative estimate of drug-likeness (QED) is 0.603. The third kappa shape index (κ3) is 5.67. The monoisotopic (exact) mass is 386 g/mol. The summed E-state index contributed by atoms with van der Waals surface area (Å²) in [5.74, 6) is -0.0839. The number of hydrogen-bond donors (Lipinski definition) is 2. The maximum absolute atomic E-state index is 12.7. The Bertz CT molecular complexity index is 723. The first-order valence-corrected chi connectivity index (χ1v) is 10.7. The molecule has 1 fully saturated rings. The smallest absolute Gasteiger partial charge is 0.257 e. The number of benzene rings is 1. The Hall–Kier alpha value is -1.63. The zero-order valence-electron chi connectivity index (χ0n) is 16.4. The van der Waals surface area contributed by atoms with Crippen molar-refractivity contribution in [2.75, 3.05) is 33.2 Å². The van der Waals surface area contributed by atoms with Gasteiger partial charge < -0.3 is 15.5 Å². The van der Waals surface area contributed by atoms with Gasteiger partial charge in [0.05, 0.1) is 0 Å². The molecule has 0 saturated carbocycles. The number of amidine groups is 1. The van der Waals surface area contributed by atoms with Crippen molar-refractivity contribution in [1.29, 1.82) is 0 Å². The summed E-state index contributed by atoms with van der Waals surface area (Å²) in [6.07, 6.45) is 6.73. The number of hydrogen-bond acceptors (Lipinski definition) is 5. The van der Waals surface area contributed by atoms with Crippen LogP contribution in [-0.2, 0) is 13.0 Å². The van der Waals surface area contributed by atoms with E-state index in [1.54, 1.807) is 18.8 Å². The van der Waals surface area contributed by atoms with Gasteiger partial charge in [-0.15, -0.1) is 0 Å². The normalized spacial score (nSPS) is 18.4. The Balaban J connectivity index is 1.56. The van der Waals surface area contributed by atoms with Crippen LogP contribution in [0.25, 0.3) is 0 Å². The molecule has 0 unspecified atom stereocenters. The third-order valence-corrected chi connectivity index (χ3v) is 6.38. The Labute approximate surface area is 166 Å². The maximum atomic E-state index is 12.7. The first-order valence-electron chi connectivity index (χ1n) is 9.85. The minimum Gasteiger partial charge on any atom is -0.312 e. The zero-order valence-corrected chi connectivity index (χ0v) is 17.2. The molecule has 0 spiro atoms. The fourth-order valence-electron chi connectivity index (χ4n) is 3.57. The minimum atomic E-state index is -0.0839. The van der Waals surface area contributed by atoms with Crippen LogP contribution in [0, 0.1) is 0 Å². The molecule has 6 heteroatoms. The van der Waals surface area contributed by atoms with Crippen LogP contribution in [0.15, 0.2) is 34.2 Å².